The Hall–Kier alpha value is -1.65. The molecule has 0 aliphatic carbocycles. The van der Waals surface area contributed by atoms with Crippen LogP contribution in [0.25, 0.3) is 10.9 Å². The Morgan fingerprint density at radius 2 is 2.28 bits per heavy atom. The van der Waals surface area contributed by atoms with Gasteiger partial charge < -0.3 is 10.4 Å². The Kier molecular flexibility index (Phi) is 2.89. The van der Waals surface area contributed by atoms with Crippen molar-refractivity contribution in [1.29, 1.82) is 0 Å². The Morgan fingerprint density at radius 3 is 3.11 bits per heavy atom. The molecule has 1 saturated heterocycles. The Morgan fingerprint density at radius 1 is 1.39 bits per heavy atom. The van der Waals surface area contributed by atoms with Crippen LogP contribution in [0.5, 0.6) is 5.75 Å². The van der Waals surface area contributed by atoms with Crippen molar-refractivity contribution in [3.63, 3.8) is 0 Å². The molecule has 2 heterocycles. The van der Waals surface area contributed by atoms with Crippen molar-refractivity contribution in [2.75, 3.05) is 26.7 Å². The minimum absolute atomic E-state index is 0.251. The van der Waals surface area contributed by atoms with Crippen LogP contribution >= 0.6 is 0 Å². The van der Waals surface area contributed by atoms with E-state index in [0.717, 1.165) is 25.0 Å². The summed E-state index contributed by atoms with van der Waals surface area (Å²) in [6, 6.07) is 7.97. The second-order valence-electron chi connectivity index (χ2n) is 4.77. The summed E-state index contributed by atoms with van der Waals surface area (Å²) in [4.78, 5) is 6.61. The molecule has 1 unspecified atom stereocenters. The molecule has 1 fully saturated rings. The molecule has 1 aliphatic heterocycles. The summed E-state index contributed by atoms with van der Waals surface area (Å²) in [5.74, 6) is 0.251. The van der Waals surface area contributed by atoms with Crippen LogP contribution in [0.15, 0.2) is 30.5 Å². The highest BCUT2D eigenvalue weighted by atomic mass is 16.3. The van der Waals surface area contributed by atoms with Gasteiger partial charge in [0.05, 0.1) is 0 Å². The van der Waals surface area contributed by atoms with Crippen molar-refractivity contribution in [3.8, 4) is 5.75 Å². The van der Waals surface area contributed by atoms with Gasteiger partial charge in [0.15, 0.2) is 0 Å². The minimum atomic E-state index is 0.251. The Labute approximate surface area is 106 Å². The molecule has 18 heavy (non-hydrogen) atoms. The maximum absolute atomic E-state index is 9.87. The molecule has 3 rings (SSSR count). The fourth-order valence-corrected chi connectivity index (χ4v) is 2.63. The summed E-state index contributed by atoms with van der Waals surface area (Å²) in [6.45, 7) is 3.00. The largest absolute Gasteiger partial charge is 0.506 e. The number of rotatable bonds is 1. The number of aromatic hydroxyl groups is 1. The van der Waals surface area contributed by atoms with E-state index in [1.165, 1.54) is 5.56 Å². The number of hydrogen-bond donors (Lipinski definition) is 2. The number of pyridine rings is 1. The van der Waals surface area contributed by atoms with Crippen LogP contribution in [0.1, 0.15) is 11.6 Å². The summed E-state index contributed by atoms with van der Waals surface area (Å²) in [6.07, 6.45) is 1.78. The van der Waals surface area contributed by atoms with Gasteiger partial charge in [0.1, 0.15) is 11.3 Å². The highest BCUT2D eigenvalue weighted by Gasteiger charge is 2.22. The lowest BCUT2D eigenvalue weighted by Gasteiger charge is -2.33. The molecule has 0 bridgehead atoms. The van der Waals surface area contributed by atoms with E-state index in [2.05, 4.69) is 28.3 Å². The number of nitrogens with one attached hydrogen (secondary N) is 1. The molecule has 2 aromatic rings. The Bertz CT molecular complexity index is 570. The molecular weight excluding hydrogens is 226 g/mol. The van der Waals surface area contributed by atoms with Crippen LogP contribution < -0.4 is 5.32 Å². The van der Waals surface area contributed by atoms with E-state index in [4.69, 9.17) is 0 Å². The molecule has 1 aliphatic rings. The van der Waals surface area contributed by atoms with Crippen molar-refractivity contribution in [2.24, 2.45) is 0 Å². The SMILES string of the molecule is CN1CCNCC1c1ccnc2c(O)cccc12. The van der Waals surface area contributed by atoms with E-state index in [1.54, 1.807) is 12.3 Å². The summed E-state index contributed by atoms with van der Waals surface area (Å²) in [5.41, 5.74) is 1.92. The molecule has 1 atom stereocenters. The average Bonchev–Trinajstić information content (AvgIpc) is 2.40. The number of nitrogens with zero attached hydrogens (tertiary/aromatic N) is 2. The number of benzene rings is 1. The average molecular weight is 243 g/mol. The maximum Gasteiger partial charge on any atom is 0.141 e. The van der Waals surface area contributed by atoms with Gasteiger partial charge in [0.25, 0.3) is 0 Å². The fourth-order valence-electron chi connectivity index (χ4n) is 2.63. The topological polar surface area (TPSA) is 48.4 Å². The Balaban J connectivity index is 2.14. The fraction of sp³-hybridized carbons (Fsp3) is 0.357. The zero-order valence-electron chi connectivity index (χ0n) is 10.4. The monoisotopic (exact) mass is 243 g/mol. The van der Waals surface area contributed by atoms with E-state index < -0.39 is 0 Å². The van der Waals surface area contributed by atoms with Crippen LogP contribution in [0.2, 0.25) is 0 Å². The van der Waals surface area contributed by atoms with Crippen molar-refractivity contribution in [2.45, 2.75) is 6.04 Å². The molecular formula is C14H17N3O. The summed E-state index contributed by atoms with van der Waals surface area (Å²) < 4.78 is 0. The van der Waals surface area contributed by atoms with Crippen molar-refractivity contribution >= 4 is 10.9 Å². The van der Waals surface area contributed by atoms with Gasteiger partial charge in [-0.2, -0.15) is 0 Å². The third-order valence-corrected chi connectivity index (χ3v) is 3.65. The number of phenols is 1. The van der Waals surface area contributed by atoms with Gasteiger partial charge >= 0.3 is 0 Å². The number of aromatic nitrogens is 1. The lowest BCUT2D eigenvalue weighted by molar-refractivity contribution is 0.203. The number of piperazine rings is 1. The zero-order chi connectivity index (χ0) is 12.5. The van der Waals surface area contributed by atoms with Crippen molar-refractivity contribution in [3.05, 3.63) is 36.0 Å². The lowest BCUT2D eigenvalue weighted by atomic mass is 9.99. The second kappa shape index (κ2) is 4.55. The van der Waals surface area contributed by atoms with Crippen LogP contribution in [-0.4, -0.2) is 41.7 Å². The number of fused-ring (bicyclic) bond motifs is 1. The highest BCUT2D eigenvalue weighted by molar-refractivity contribution is 5.87. The molecule has 0 saturated carbocycles. The minimum Gasteiger partial charge on any atom is -0.506 e. The van der Waals surface area contributed by atoms with E-state index in [-0.39, 0.29) is 5.75 Å². The highest BCUT2D eigenvalue weighted by Crippen LogP contribution is 2.30. The van der Waals surface area contributed by atoms with Crippen molar-refractivity contribution < 1.29 is 5.11 Å². The lowest BCUT2D eigenvalue weighted by Crippen LogP contribution is -2.43. The van der Waals surface area contributed by atoms with Gasteiger partial charge in [0, 0.05) is 37.3 Å². The zero-order valence-corrected chi connectivity index (χ0v) is 10.4. The normalized spacial score (nSPS) is 21.3. The van der Waals surface area contributed by atoms with Gasteiger partial charge in [-0.3, -0.25) is 9.88 Å². The molecule has 0 radical (unpaired) electrons. The van der Waals surface area contributed by atoms with E-state index in [1.807, 2.05) is 12.1 Å². The predicted molar refractivity (Wildman–Crippen MR) is 71.6 cm³/mol. The number of likely N-dealkylation sites (N-methyl/N-ethyl adjacent to an activating group) is 1. The standard InChI is InChI=1S/C14H17N3O/c1-17-8-7-15-9-12(17)10-5-6-16-14-11(10)3-2-4-13(14)18/h2-6,12,15,18H,7-9H2,1H3. The van der Waals surface area contributed by atoms with Gasteiger partial charge in [-0.05, 0) is 24.7 Å². The first kappa shape index (κ1) is 11.4. The molecule has 1 aromatic heterocycles. The molecule has 1 aromatic carbocycles. The van der Waals surface area contributed by atoms with Crippen LogP contribution in [-0.2, 0) is 0 Å². The van der Waals surface area contributed by atoms with Gasteiger partial charge in [-0.15, -0.1) is 0 Å². The first-order valence-corrected chi connectivity index (χ1v) is 6.25. The summed E-state index contributed by atoms with van der Waals surface area (Å²) in [7, 11) is 2.14. The number of hydrogen-bond acceptors (Lipinski definition) is 4. The first-order chi connectivity index (χ1) is 8.77. The number of para-hydroxylation sites is 1. The molecule has 4 nitrogen and oxygen atoms in total. The third kappa shape index (κ3) is 1.83. The van der Waals surface area contributed by atoms with Crippen LogP contribution in [0.3, 0.4) is 0 Å². The predicted octanol–water partition coefficient (Wildman–Crippen LogP) is 1.52. The smallest absolute Gasteiger partial charge is 0.141 e. The first-order valence-electron chi connectivity index (χ1n) is 6.25. The summed E-state index contributed by atoms with van der Waals surface area (Å²) >= 11 is 0. The van der Waals surface area contributed by atoms with E-state index >= 15 is 0 Å². The maximum atomic E-state index is 9.87. The van der Waals surface area contributed by atoms with E-state index in [9.17, 15) is 5.11 Å². The van der Waals surface area contributed by atoms with Gasteiger partial charge in [-0.1, -0.05) is 12.1 Å². The molecule has 94 valence electrons. The molecule has 4 heteroatoms. The van der Waals surface area contributed by atoms with E-state index in [0.29, 0.717) is 11.6 Å². The van der Waals surface area contributed by atoms with Crippen LogP contribution in [0, 0.1) is 0 Å². The van der Waals surface area contributed by atoms with Crippen molar-refractivity contribution in [1.82, 2.24) is 15.2 Å². The van der Waals surface area contributed by atoms with Gasteiger partial charge in [0.2, 0.25) is 0 Å². The molecule has 2 N–H and O–H groups in total. The quantitative estimate of drug-likeness (QED) is 0.797. The van der Waals surface area contributed by atoms with Crippen LogP contribution in [0.4, 0.5) is 0 Å². The molecule has 0 spiro atoms. The third-order valence-electron chi connectivity index (χ3n) is 3.65. The van der Waals surface area contributed by atoms with Gasteiger partial charge in [-0.25, -0.2) is 0 Å². The molecule has 0 amide bonds. The summed E-state index contributed by atoms with van der Waals surface area (Å²) in [5, 5.41) is 14.3. The second-order valence-corrected chi connectivity index (χ2v) is 4.77. The number of phenolic OH excluding ortho intramolecular Hbond substituents is 1.